The van der Waals surface area contributed by atoms with Crippen LogP contribution in [0.2, 0.25) is 0 Å². The molecule has 0 aliphatic carbocycles. The highest BCUT2D eigenvalue weighted by Gasteiger charge is 2.37. The summed E-state index contributed by atoms with van der Waals surface area (Å²) in [4.78, 5) is 33.4. The Labute approximate surface area is 167 Å². The number of rotatable bonds is 7. The van der Waals surface area contributed by atoms with Gasteiger partial charge in [-0.05, 0) is 51.3 Å². The highest BCUT2D eigenvalue weighted by molar-refractivity contribution is 5.89. The van der Waals surface area contributed by atoms with Gasteiger partial charge in [-0.3, -0.25) is 9.59 Å². The molecule has 1 aromatic rings. The number of benzene rings is 1. The molecule has 0 N–H and O–H groups in total. The van der Waals surface area contributed by atoms with Crippen LogP contribution >= 0.6 is 0 Å². The molecule has 154 valence electrons. The van der Waals surface area contributed by atoms with E-state index in [-0.39, 0.29) is 17.7 Å². The molecule has 1 atom stereocenters. The van der Waals surface area contributed by atoms with Crippen LogP contribution in [-0.4, -0.2) is 93.5 Å². The van der Waals surface area contributed by atoms with E-state index in [4.69, 9.17) is 4.74 Å². The van der Waals surface area contributed by atoms with Crippen molar-refractivity contribution < 1.29 is 14.3 Å². The van der Waals surface area contributed by atoms with Gasteiger partial charge >= 0.3 is 0 Å². The van der Waals surface area contributed by atoms with Gasteiger partial charge < -0.3 is 24.3 Å². The van der Waals surface area contributed by atoms with E-state index in [2.05, 4.69) is 21.9 Å². The number of hydrogen-bond donors (Lipinski definition) is 0. The summed E-state index contributed by atoms with van der Waals surface area (Å²) in [7, 11) is 5.73. The molecule has 2 aliphatic heterocycles. The molecule has 0 radical (unpaired) electrons. The molecular weight excluding hydrogens is 356 g/mol. The second kappa shape index (κ2) is 9.28. The van der Waals surface area contributed by atoms with E-state index in [1.54, 1.807) is 7.11 Å². The zero-order chi connectivity index (χ0) is 20.1. The minimum absolute atomic E-state index is 0.119. The third-order valence-corrected chi connectivity index (χ3v) is 5.63. The van der Waals surface area contributed by atoms with E-state index in [0.717, 1.165) is 44.0 Å². The van der Waals surface area contributed by atoms with Crippen molar-refractivity contribution in [3.63, 3.8) is 0 Å². The van der Waals surface area contributed by atoms with E-state index in [9.17, 15) is 9.59 Å². The molecule has 0 saturated carbocycles. The molecule has 0 aromatic heterocycles. The predicted octanol–water partition coefficient (Wildman–Crippen LogP) is 1.14. The Morgan fingerprint density at radius 3 is 2.43 bits per heavy atom. The summed E-state index contributed by atoms with van der Waals surface area (Å²) in [6.45, 7) is 5.30. The number of amides is 2. The van der Waals surface area contributed by atoms with Gasteiger partial charge in [0.05, 0.1) is 13.0 Å². The number of anilines is 1. The second-order valence-electron chi connectivity index (χ2n) is 7.91. The Hall–Kier alpha value is -2.28. The first-order valence-electron chi connectivity index (χ1n) is 10.1. The van der Waals surface area contributed by atoms with Gasteiger partial charge in [0, 0.05) is 51.4 Å². The highest BCUT2D eigenvalue weighted by atomic mass is 16.5. The van der Waals surface area contributed by atoms with E-state index >= 15 is 0 Å². The Morgan fingerprint density at radius 2 is 1.82 bits per heavy atom. The summed E-state index contributed by atoms with van der Waals surface area (Å²) in [5, 5.41) is 0. The average molecular weight is 389 g/mol. The fourth-order valence-electron chi connectivity index (χ4n) is 3.97. The topological polar surface area (TPSA) is 56.3 Å². The molecule has 2 heterocycles. The van der Waals surface area contributed by atoms with Crippen molar-refractivity contribution in [3.8, 4) is 5.75 Å². The molecule has 7 heteroatoms. The molecule has 7 nitrogen and oxygen atoms in total. The first kappa shape index (κ1) is 20.5. The maximum Gasteiger partial charge on any atom is 0.228 e. The van der Waals surface area contributed by atoms with Crippen LogP contribution in [0.4, 0.5) is 5.69 Å². The van der Waals surface area contributed by atoms with Gasteiger partial charge in [-0.2, -0.15) is 0 Å². The molecule has 3 rings (SSSR count). The molecular formula is C21H32N4O3. The van der Waals surface area contributed by atoms with Crippen LogP contribution < -0.4 is 9.64 Å². The molecule has 28 heavy (non-hydrogen) atoms. The molecule has 2 amide bonds. The highest BCUT2D eigenvalue weighted by Crippen LogP contribution is 2.23. The van der Waals surface area contributed by atoms with E-state index in [0.29, 0.717) is 26.1 Å². The van der Waals surface area contributed by atoms with Crippen molar-refractivity contribution in [1.82, 2.24) is 14.7 Å². The number of nitrogens with zero attached hydrogens (tertiary/aromatic N) is 4. The molecule has 2 aliphatic rings. The van der Waals surface area contributed by atoms with Crippen LogP contribution in [0, 0.1) is 5.92 Å². The summed E-state index contributed by atoms with van der Waals surface area (Å²) < 4.78 is 5.21. The van der Waals surface area contributed by atoms with Crippen molar-refractivity contribution >= 4 is 17.5 Å². The lowest BCUT2D eigenvalue weighted by atomic mass is 10.1. The second-order valence-corrected chi connectivity index (χ2v) is 7.91. The van der Waals surface area contributed by atoms with Crippen molar-refractivity contribution in [3.05, 3.63) is 24.3 Å². The number of carbonyl (C=O) groups is 2. The third-order valence-electron chi connectivity index (χ3n) is 5.63. The van der Waals surface area contributed by atoms with Crippen molar-refractivity contribution in [2.75, 3.05) is 71.9 Å². The number of ether oxygens (including phenoxy) is 1. The SMILES string of the molecule is COc1ccc(N2CCN(C(=O)C3CC(=O)N(CCCN(C)C)C3)CC2)cc1. The number of carbonyl (C=O) groups excluding carboxylic acids is 2. The Kier molecular flexibility index (Phi) is 6.78. The Morgan fingerprint density at radius 1 is 1.14 bits per heavy atom. The average Bonchev–Trinajstić information content (AvgIpc) is 3.08. The van der Waals surface area contributed by atoms with Gasteiger partial charge in [0.1, 0.15) is 5.75 Å². The molecule has 2 fully saturated rings. The molecule has 2 saturated heterocycles. The third kappa shape index (κ3) is 4.95. The first-order chi connectivity index (χ1) is 13.5. The van der Waals surface area contributed by atoms with Crippen LogP contribution in [0.15, 0.2) is 24.3 Å². The number of hydrogen-bond acceptors (Lipinski definition) is 5. The van der Waals surface area contributed by atoms with Crippen molar-refractivity contribution in [2.45, 2.75) is 12.8 Å². The zero-order valence-electron chi connectivity index (χ0n) is 17.3. The lowest BCUT2D eigenvalue weighted by Crippen LogP contribution is -2.50. The van der Waals surface area contributed by atoms with Gasteiger partial charge in [0.25, 0.3) is 0 Å². The molecule has 1 unspecified atom stereocenters. The fourth-order valence-corrected chi connectivity index (χ4v) is 3.97. The standard InChI is InChI=1S/C21H32N4O3/c1-22(2)9-4-10-25-16-17(15-20(25)26)21(27)24-13-11-23(12-14-24)18-5-7-19(28-3)8-6-18/h5-8,17H,4,9-16H2,1-3H3. The van der Waals surface area contributed by atoms with Gasteiger partial charge in [-0.15, -0.1) is 0 Å². The summed E-state index contributed by atoms with van der Waals surface area (Å²) >= 11 is 0. The largest absolute Gasteiger partial charge is 0.497 e. The van der Waals surface area contributed by atoms with Crippen molar-refractivity contribution in [1.29, 1.82) is 0 Å². The van der Waals surface area contributed by atoms with Crippen LogP contribution in [-0.2, 0) is 9.59 Å². The maximum atomic E-state index is 12.9. The summed E-state index contributed by atoms with van der Waals surface area (Å²) in [5.74, 6) is 0.921. The van der Waals surface area contributed by atoms with Gasteiger partial charge in [0.2, 0.25) is 11.8 Å². The van der Waals surface area contributed by atoms with Gasteiger partial charge in [0.15, 0.2) is 0 Å². The van der Waals surface area contributed by atoms with Crippen LogP contribution in [0.5, 0.6) is 5.75 Å². The van der Waals surface area contributed by atoms with Crippen LogP contribution in [0.1, 0.15) is 12.8 Å². The van der Waals surface area contributed by atoms with E-state index < -0.39 is 0 Å². The van der Waals surface area contributed by atoms with Gasteiger partial charge in [-0.25, -0.2) is 0 Å². The summed E-state index contributed by atoms with van der Waals surface area (Å²) in [6.07, 6.45) is 1.31. The molecule has 1 aromatic carbocycles. The number of methoxy groups -OCH3 is 1. The van der Waals surface area contributed by atoms with Crippen LogP contribution in [0.3, 0.4) is 0 Å². The zero-order valence-corrected chi connectivity index (χ0v) is 17.3. The maximum absolute atomic E-state index is 12.9. The Balaban J connectivity index is 1.47. The fraction of sp³-hybridized carbons (Fsp3) is 0.619. The smallest absolute Gasteiger partial charge is 0.228 e. The normalized spacial score (nSPS) is 20.2. The lowest BCUT2D eigenvalue weighted by Gasteiger charge is -2.37. The van der Waals surface area contributed by atoms with E-state index in [1.165, 1.54) is 0 Å². The van der Waals surface area contributed by atoms with E-state index in [1.807, 2.05) is 36.0 Å². The lowest BCUT2D eigenvalue weighted by molar-refractivity contribution is -0.136. The summed E-state index contributed by atoms with van der Waals surface area (Å²) in [6, 6.07) is 8.03. The first-order valence-corrected chi connectivity index (χ1v) is 10.1. The van der Waals surface area contributed by atoms with Crippen molar-refractivity contribution in [2.24, 2.45) is 5.92 Å². The molecule has 0 bridgehead atoms. The monoisotopic (exact) mass is 388 g/mol. The predicted molar refractivity (Wildman–Crippen MR) is 110 cm³/mol. The summed E-state index contributed by atoms with van der Waals surface area (Å²) in [5.41, 5.74) is 1.15. The van der Waals surface area contributed by atoms with Crippen LogP contribution in [0.25, 0.3) is 0 Å². The minimum atomic E-state index is -0.181. The number of likely N-dealkylation sites (tertiary alicyclic amines) is 1. The Bertz CT molecular complexity index is 669. The van der Waals surface area contributed by atoms with Gasteiger partial charge in [-0.1, -0.05) is 0 Å². The molecule has 0 spiro atoms. The quantitative estimate of drug-likeness (QED) is 0.701. The minimum Gasteiger partial charge on any atom is -0.497 e. The number of piperazine rings is 1.